The third kappa shape index (κ3) is 3.27. The molecule has 2 heterocycles. The second-order valence-electron chi connectivity index (χ2n) is 6.70. The van der Waals surface area contributed by atoms with Crippen LogP contribution in [0, 0.1) is 11.6 Å². The van der Waals surface area contributed by atoms with Gasteiger partial charge in [-0.05, 0) is 66.7 Å². The number of rotatable bonds is 3. The smallest absolute Gasteiger partial charge is 0.123 e. The summed E-state index contributed by atoms with van der Waals surface area (Å²) in [6, 6.07) is 26.1. The molecule has 3 nitrogen and oxygen atoms in total. The molecule has 0 aliphatic carbocycles. The fourth-order valence-corrected chi connectivity index (χ4v) is 3.33. The Kier molecular flexibility index (Phi) is 4.13. The number of halogens is 2. The summed E-state index contributed by atoms with van der Waals surface area (Å²) in [6.45, 7) is 0. The van der Waals surface area contributed by atoms with Crippen LogP contribution in [0.5, 0.6) is 0 Å². The highest BCUT2D eigenvalue weighted by molar-refractivity contribution is 5.82. The van der Waals surface area contributed by atoms with Gasteiger partial charge in [0.25, 0.3) is 0 Å². The Morgan fingerprint density at radius 1 is 0.655 bits per heavy atom. The molecule has 2 aromatic heterocycles. The van der Waals surface area contributed by atoms with Crippen molar-refractivity contribution in [2.75, 3.05) is 0 Å². The van der Waals surface area contributed by atoms with E-state index >= 15 is 0 Å². The lowest BCUT2D eigenvalue weighted by atomic mass is 10.1. The average molecular weight is 383 g/mol. The molecular formula is C24H15F2N3. The monoisotopic (exact) mass is 383 g/mol. The maximum absolute atomic E-state index is 13.5. The highest BCUT2D eigenvalue weighted by Crippen LogP contribution is 2.29. The van der Waals surface area contributed by atoms with Crippen molar-refractivity contribution in [3.05, 3.63) is 103 Å². The van der Waals surface area contributed by atoms with Gasteiger partial charge in [0.2, 0.25) is 0 Å². The number of pyridine rings is 1. The fourth-order valence-electron chi connectivity index (χ4n) is 3.33. The molecule has 0 aliphatic rings. The fraction of sp³-hybridized carbons (Fsp3) is 0. The molecule has 0 radical (unpaired) electrons. The van der Waals surface area contributed by atoms with Gasteiger partial charge in [0, 0.05) is 10.9 Å². The van der Waals surface area contributed by atoms with Gasteiger partial charge in [-0.25, -0.2) is 18.4 Å². The molecule has 0 saturated carbocycles. The molecule has 0 unspecified atom stereocenters. The van der Waals surface area contributed by atoms with Gasteiger partial charge in [-0.15, -0.1) is 0 Å². The largest absolute Gasteiger partial charge is 0.246 e. The lowest BCUT2D eigenvalue weighted by Crippen LogP contribution is -2.00. The molecule has 140 valence electrons. The Balaban J connectivity index is 1.70. The molecular weight excluding hydrogens is 368 g/mol. The molecule has 0 spiro atoms. The van der Waals surface area contributed by atoms with Crippen LogP contribution in [0.2, 0.25) is 0 Å². The zero-order valence-electron chi connectivity index (χ0n) is 15.3. The van der Waals surface area contributed by atoms with E-state index in [9.17, 15) is 8.78 Å². The molecule has 0 saturated heterocycles. The van der Waals surface area contributed by atoms with Crippen LogP contribution >= 0.6 is 0 Å². The number of aromatic nitrogens is 3. The van der Waals surface area contributed by atoms with E-state index in [0.29, 0.717) is 16.9 Å². The zero-order valence-corrected chi connectivity index (χ0v) is 15.3. The van der Waals surface area contributed by atoms with Crippen LogP contribution in [-0.4, -0.2) is 14.8 Å². The number of hydrogen-bond donors (Lipinski definition) is 0. The van der Waals surface area contributed by atoms with E-state index < -0.39 is 0 Å². The first-order valence-electron chi connectivity index (χ1n) is 9.15. The van der Waals surface area contributed by atoms with Gasteiger partial charge in [-0.3, -0.25) is 0 Å². The minimum Gasteiger partial charge on any atom is -0.246 e. The van der Waals surface area contributed by atoms with Crippen LogP contribution in [-0.2, 0) is 0 Å². The maximum atomic E-state index is 13.5. The van der Waals surface area contributed by atoms with Crippen molar-refractivity contribution in [1.29, 1.82) is 0 Å². The maximum Gasteiger partial charge on any atom is 0.123 e. The predicted molar refractivity (Wildman–Crippen MR) is 110 cm³/mol. The minimum absolute atomic E-state index is 0.292. The van der Waals surface area contributed by atoms with Gasteiger partial charge >= 0.3 is 0 Å². The Bertz CT molecular complexity index is 1310. The van der Waals surface area contributed by atoms with Crippen molar-refractivity contribution in [2.45, 2.75) is 0 Å². The van der Waals surface area contributed by atoms with E-state index in [1.54, 1.807) is 18.2 Å². The van der Waals surface area contributed by atoms with Crippen molar-refractivity contribution in [2.24, 2.45) is 0 Å². The molecule has 0 amide bonds. The Hall–Kier alpha value is -3.86. The summed E-state index contributed by atoms with van der Waals surface area (Å²) >= 11 is 0. The summed E-state index contributed by atoms with van der Waals surface area (Å²) < 4.78 is 28.6. The van der Waals surface area contributed by atoms with E-state index in [1.807, 2.05) is 53.2 Å². The first-order valence-corrected chi connectivity index (χ1v) is 9.15. The summed E-state index contributed by atoms with van der Waals surface area (Å²) in [5, 5.41) is 5.48. The van der Waals surface area contributed by atoms with Gasteiger partial charge in [-0.2, -0.15) is 5.10 Å². The normalized spacial score (nSPS) is 11.1. The van der Waals surface area contributed by atoms with Gasteiger partial charge in [0.15, 0.2) is 0 Å². The molecule has 0 aliphatic heterocycles. The van der Waals surface area contributed by atoms with Crippen LogP contribution < -0.4 is 0 Å². The van der Waals surface area contributed by atoms with Gasteiger partial charge in [0.05, 0.1) is 28.3 Å². The zero-order chi connectivity index (χ0) is 19.8. The third-order valence-corrected chi connectivity index (χ3v) is 4.76. The summed E-state index contributed by atoms with van der Waals surface area (Å²) in [7, 11) is 0. The Labute approximate surface area is 165 Å². The minimum atomic E-state index is -0.292. The molecule has 29 heavy (non-hydrogen) atoms. The van der Waals surface area contributed by atoms with Crippen LogP contribution in [0.3, 0.4) is 0 Å². The van der Waals surface area contributed by atoms with E-state index in [2.05, 4.69) is 0 Å². The van der Waals surface area contributed by atoms with E-state index in [4.69, 9.17) is 10.1 Å². The molecule has 5 rings (SSSR count). The topological polar surface area (TPSA) is 30.7 Å². The Morgan fingerprint density at radius 2 is 1.41 bits per heavy atom. The molecule has 0 N–H and O–H groups in total. The number of para-hydroxylation sites is 1. The molecule has 0 fully saturated rings. The van der Waals surface area contributed by atoms with E-state index in [-0.39, 0.29) is 11.6 Å². The van der Waals surface area contributed by atoms with E-state index in [0.717, 1.165) is 22.3 Å². The summed E-state index contributed by atoms with van der Waals surface area (Å²) in [5.41, 5.74) is 4.62. The first-order chi connectivity index (χ1) is 14.2. The molecule has 0 bridgehead atoms. The number of nitrogens with zero attached hydrogens (tertiary/aromatic N) is 3. The van der Waals surface area contributed by atoms with Gasteiger partial charge < -0.3 is 0 Å². The summed E-state index contributed by atoms with van der Waals surface area (Å²) in [6.07, 6.45) is 0. The van der Waals surface area contributed by atoms with E-state index in [1.165, 1.54) is 24.3 Å². The second kappa shape index (κ2) is 6.95. The Morgan fingerprint density at radius 3 is 2.21 bits per heavy atom. The number of fused-ring (bicyclic) bond motifs is 1. The highest BCUT2D eigenvalue weighted by Gasteiger charge is 2.15. The van der Waals surface area contributed by atoms with Crippen molar-refractivity contribution in [3.63, 3.8) is 0 Å². The summed E-state index contributed by atoms with van der Waals surface area (Å²) in [5.74, 6) is -0.583. The number of benzene rings is 3. The van der Waals surface area contributed by atoms with Crippen LogP contribution in [0.4, 0.5) is 8.78 Å². The van der Waals surface area contributed by atoms with Crippen molar-refractivity contribution >= 4 is 10.9 Å². The van der Waals surface area contributed by atoms with Gasteiger partial charge in [-0.1, -0.05) is 24.3 Å². The van der Waals surface area contributed by atoms with Crippen LogP contribution in [0.1, 0.15) is 0 Å². The molecule has 5 heteroatoms. The average Bonchev–Trinajstić information content (AvgIpc) is 3.20. The predicted octanol–water partition coefficient (Wildman–Crippen LogP) is 6.03. The number of hydrogen-bond acceptors (Lipinski definition) is 2. The highest BCUT2D eigenvalue weighted by atomic mass is 19.1. The third-order valence-electron chi connectivity index (χ3n) is 4.76. The summed E-state index contributed by atoms with van der Waals surface area (Å²) in [4.78, 5) is 4.71. The molecule has 0 atom stereocenters. The van der Waals surface area contributed by atoms with Crippen LogP contribution in [0.25, 0.3) is 39.2 Å². The second-order valence-corrected chi connectivity index (χ2v) is 6.70. The standard InChI is InChI=1S/C24H15F2N3/c25-18-9-6-16(7-10-18)23-15-24(29(28-23)20-4-2-1-3-5-20)22-12-8-17-14-19(26)11-13-21(17)27-22/h1-15H. The molecule has 5 aromatic rings. The van der Waals surface area contributed by atoms with Gasteiger partial charge in [0.1, 0.15) is 11.6 Å². The lowest BCUT2D eigenvalue weighted by molar-refractivity contribution is 0.628. The SMILES string of the molecule is Fc1ccc(-c2cc(-c3ccc4cc(F)ccc4n3)n(-c3ccccc3)n2)cc1. The van der Waals surface area contributed by atoms with Crippen LogP contribution in [0.15, 0.2) is 91.0 Å². The van der Waals surface area contributed by atoms with Crippen molar-refractivity contribution in [3.8, 4) is 28.3 Å². The first kappa shape index (κ1) is 17.3. The quantitative estimate of drug-likeness (QED) is 0.381. The van der Waals surface area contributed by atoms with Crippen molar-refractivity contribution in [1.82, 2.24) is 14.8 Å². The molecule has 3 aromatic carbocycles. The van der Waals surface area contributed by atoms with Crippen molar-refractivity contribution < 1.29 is 8.78 Å². The lowest BCUT2D eigenvalue weighted by Gasteiger charge is -2.08.